The predicted octanol–water partition coefficient (Wildman–Crippen LogP) is 2.25. The molecule has 4 nitrogen and oxygen atoms in total. The van der Waals surface area contributed by atoms with Gasteiger partial charge in [0.2, 0.25) is 5.91 Å². The van der Waals surface area contributed by atoms with Gasteiger partial charge in [0.1, 0.15) is 6.54 Å². The summed E-state index contributed by atoms with van der Waals surface area (Å²) in [6.45, 7) is 2.10. The molecule has 0 saturated carbocycles. The minimum Gasteiger partial charge on any atom is -0.336 e. The molecule has 2 aromatic rings. The van der Waals surface area contributed by atoms with Crippen LogP contribution in [-0.4, -0.2) is 16.8 Å². The Balaban J connectivity index is 2.03. The number of benzene rings is 1. The second-order valence-corrected chi connectivity index (χ2v) is 4.10. The van der Waals surface area contributed by atoms with Gasteiger partial charge in [-0.1, -0.05) is 12.1 Å². The molecule has 0 spiro atoms. The normalized spacial score (nSPS) is 10.1. The van der Waals surface area contributed by atoms with Crippen LogP contribution in [-0.2, 0) is 11.3 Å². The Bertz CT molecular complexity index is 573. The van der Waals surface area contributed by atoms with Crippen molar-refractivity contribution >= 4 is 17.9 Å². The van der Waals surface area contributed by atoms with Crippen LogP contribution in [0.5, 0.6) is 0 Å². The Morgan fingerprint density at radius 2 is 2.17 bits per heavy atom. The number of hydrogen-bond acceptors (Lipinski definition) is 2. The summed E-state index contributed by atoms with van der Waals surface area (Å²) < 4.78 is 1.61. The highest BCUT2D eigenvalue weighted by Gasteiger charge is 2.06. The Labute approximate surface area is 105 Å². The minimum atomic E-state index is -0.153. The first-order valence-electron chi connectivity index (χ1n) is 5.66. The van der Waals surface area contributed by atoms with Crippen LogP contribution < -0.4 is 5.32 Å². The van der Waals surface area contributed by atoms with Crippen molar-refractivity contribution < 1.29 is 9.59 Å². The van der Waals surface area contributed by atoms with E-state index in [9.17, 15) is 9.59 Å². The smallest absolute Gasteiger partial charge is 0.244 e. The summed E-state index contributed by atoms with van der Waals surface area (Å²) >= 11 is 0. The fourth-order valence-corrected chi connectivity index (χ4v) is 1.76. The van der Waals surface area contributed by atoms with Gasteiger partial charge in [-0.2, -0.15) is 0 Å². The van der Waals surface area contributed by atoms with Gasteiger partial charge in [-0.25, -0.2) is 0 Å². The van der Waals surface area contributed by atoms with Crippen LogP contribution in [0.1, 0.15) is 16.1 Å². The summed E-state index contributed by atoms with van der Waals surface area (Å²) in [6.07, 6.45) is 2.44. The van der Waals surface area contributed by atoms with Gasteiger partial charge >= 0.3 is 0 Å². The lowest BCUT2D eigenvalue weighted by Gasteiger charge is -2.07. The van der Waals surface area contributed by atoms with Crippen molar-refractivity contribution in [3.05, 3.63) is 53.9 Å². The molecule has 92 valence electrons. The predicted molar refractivity (Wildman–Crippen MR) is 69.6 cm³/mol. The first-order chi connectivity index (χ1) is 8.69. The first-order valence-corrected chi connectivity index (χ1v) is 5.66. The van der Waals surface area contributed by atoms with Crippen molar-refractivity contribution in [1.82, 2.24) is 4.57 Å². The third-order valence-corrected chi connectivity index (χ3v) is 2.60. The van der Waals surface area contributed by atoms with Crippen LogP contribution >= 0.6 is 0 Å². The van der Waals surface area contributed by atoms with Gasteiger partial charge in [-0.15, -0.1) is 0 Å². The first kappa shape index (κ1) is 12.1. The molecule has 0 aliphatic carbocycles. The largest absolute Gasteiger partial charge is 0.336 e. The number of hydrogen-bond donors (Lipinski definition) is 1. The molecule has 1 aromatic heterocycles. The average molecular weight is 242 g/mol. The standard InChI is InChI=1S/C14H14N2O2/c1-11-4-2-5-12(8-11)15-14(18)9-16-7-3-6-13(16)10-17/h2-8,10H,9H2,1H3,(H,15,18). The van der Waals surface area contributed by atoms with E-state index in [1.807, 2.05) is 31.2 Å². The highest BCUT2D eigenvalue weighted by Crippen LogP contribution is 2.09. The van der Waals surface area contributed by atoms with Crippen LogP contribution in [0.4, 0.5) is 5.69 Å². The number of nitrogens with zero attached hydrogens (tertiary/aromatic N) is 1. The Morgan fingerprint density at radius 1 is 1.33 bits per heavy atom. The summed E-state index contributed by atoms with van der Waals surface area (Å²) in [5.41, 5.74) is 2.34. The molecule has 0 radical (unpaired) electrons. The molecule has 0 saturated heterocycles. The summed E-state index contributed by atoms with van der Waals surface area (Å²) in [6, 6.07) is 11.0. The second-order valence-electron chi connectivity index (χ2n) is 4.10. The van der Waals surface area contributed by atoms with Gasteiger partial charge in [0.15, 0.2) is 6.29 Å². The Kier molecular flexibility index (Phi) is 3.57. The molecule has 0 unspecified atom stereocenters. The van der Waals surface area contributed by atoms with Gasteiger partial charge in [0, 0.05) is 11.9 Å². The molecule has 1 aromatic carbocycles. The number of aldehydes is 1. The SMILES string of the molecule is Cc1cccc(NC(=O)Cn2cccc2C=O)c1. The van der Waals surface area contributed by atoms with Crippen LogP contribution in [0.2, 0.25) is 0 Å². The van der Waals surface area contributed by atoms with E-state index in [1.54, 1.807) is 22.9 Å². The van der Waals surface area contributed by atoms with Crippen LogP contribution in [0.15, 0.2) is 42.6 Å². The second kappa shape index (κ2) is 5.31. The van der Waals surface area contributed by atoms with Gasteiger partial charge in [0.25, 0.3) is 0 Å². The zero-order chi connectivity index (χ0) is 13.0. The third-order valence-electron chi connectivity index (χ3n) is 2.60. The molecular weight excluding hydrogens is 228 g/mol. The number of aromatic nitrogens is 1. The molecule has 18 heavy (non-hydrogen) atoms. The summed E-state index contributed by atoms with van der Waals surface area (Å²) in [5, 5.41) is 2.80. The van der Waals surface area contributed by atoms with Crippen molar-refractivity contribution in [1.29, 1.82) is 0 Å². The van der Waals surface area contributed by atoms with Crippen molar-refractivity contribution in [2.75, 3.05) is 5.32 Å². The third kappa shape index (κ3) is 2.85. The van der Waals surface area contributed by atoms with E-state index in [-0.39, 0.29) is 12.5 Å². The number of amides is 1. The van der Waals surface area contributed by atoms with Crippen LogP contribution in [0.3, 0.4) is 0 Å². The maximum Gasteiger partial charge on any atom is 0.244 e. The van der Waals surface area contributed by atoms with Gasteiger partial charge < -0.3 is 9.88 Å². The quantitative estimate of drug-likeness (QED) is 0.836. The van der Waals surface area contributed by atoms with Crippen LogP contribution in [0, 0.1) is 6.92 Å². The van der Waals surface area contributed by atoms with E-state index in [4.69, 9.17) is 0 Å². The highest BCUT2D eigenvalue weighted by molar-refractivity contribution is 5.91. The molecule has 0 bridgehead atoms. The molecule has 1 N–H and O–H groups in total. The lowest BCUT2D eigenvalue weighted by Crippen LogP contribution is -2.19. The van der Waals surface area contributed by atoms with E-state index < -0.39 is 0 Å². The van der Waals surface area contributed by atoms with Crippen LogP contribution in [0.25, 0.3) is 0 Å². The monoisotopic (exact) mass is 242 g/mol. The molecule has 1 amide bonds. The fraction of sp³-hybridized carbons (Fsp3) is 0.143. The number of nitrogens with one attached hydrogen (secondary N) is 1. The molecule has 2 rings (SSSR count). The summed E-state index contributed by atoms with van der Waals surface area (Å²) in [4.78, 5) is 22.5. The summed E-state index contributed by atoms with van der Waals surface area (Å²) in [7, 11) is 0. The van der Waals surface area contributed by atoms with E-state index in [0.29, 0.717) is 5.69 Å². The Hall–Kier alpha value is -2.36. The number of anilines is 1. The lowest BCUT2D eigenvalue weighted by molar-refractivity contribution is -0.116. The number of carbonyl (C=O) groups excluding carboxylic acids is 2. The highest BCUT2D eigenvalue weighted by atomic mass is 16.2. The van der Waals surface area contributed by atoms with Crippen molar-refractivity contribution in [2.45, 2.75) is 13.5 Å². The fourth-order valence-electron chi connectivity index (χ4n) is 1.76. The molecule has 1 heterocycles. The Morgan fingerprint density at radius 3 is 2.89 bits per heavy atom. The lowest BCUT2D eigenvalue weighted by atomic mass is 10.2. The van der Waals surface area contributed by atoms with E-state index in [2.05, 4.69) is 5.32 Å². The zero-order valence-corrected chi connectivity index (χ0v) is 10.1. The molecule has 0 atom stereocenters. The van der Waals surface area contributed by atoms with Gasteiger partial charge in [-0.3, -0.25) is 9.59 Å². The number of aryl methyl sites for hydroxylation is 1. The van der Waals surface area contributed by atoms with Crippen molar-refractivity contribution in [3.8, 4) is 0 Å². The zero-order valence-electron chi connectivity index (χ0n) is 10.1. The number of carbonyl (C=O) groups is 2. The topological polar surface area (TPSA) is 51.1 Å². The molecular formula is C14H14N2O2. The van der Waals surface area contributed by atoms with Crippen molar-refractivity contribution in [3.63, 3.8) is 0 Å². The average Bonchev–Trinajstić information content (AvgIpc) is 2.76. The van der Waals surface area contributed by atoms with E-state index in [1.165, 1.54) is 0 Å². The maximum absolute atomic E-state index is 11.8. The molecule has 0 fully saturated rings. The maximum atomic E-state index is 11.8. The molecule has 0 aliphatic heterocycles. The number of rotatable bonds is 4. The van der Waals surface area contributed by atoms with Gasteiger partial charge in [0.05, 0.1) is 5.69 Å². The molecule has 4 heteroatoms. The van der Waals surface area contributed by atoms with E-state index >= 15 is 0 Å². The minimum absolute atomic E-state index is 0.134. The molecule has 0 aliphatic rings. The van der Waals surface area contributed by atoms with Crippen molar-refractivity contribution in [2.24, 2.45) is 0 Å². The summed E-state index contributed by atoms with van der Waals surface area (Å²) in [5.74, 6) is -0.153. The van der Waals surface area contributed by atoms with Gasteiger partial charge in [-0.05, 0) is 36.8 Å². The van der Waals surface area contributed by atoms with E-state index in [0.717, 1.165) is 17.5 Å².